The summed E-state index contributed by atoms with van der Waals surface area (Å²) < 4.78 is 7.11. The predicted octanol–water partition coefficient (Wildman–Crippen LogP) is 1.76. The molecular formula is C20H30N6O. The summed E-state index contributed by atoms with van der Waals surface area (Å²) in [6, 6.07) is 6.99. The Morgan fingerprint density at radius 3 is 2.78 bits per heavy atom. The van der Waals surface area contributed by atoms with E-state index in [2.05, 4.69) is 57.8 Å². The maximum absolute atomic E-state index is 5.13. The molecule has 0 aliphatic carbocycles. The average molecular weight is 371 g/mol. The third-order valence-electron chi connectivity index (χ3n) is 4.73. The van der Waals surface area contributed by atoms with Gasteiger partial charge in [-0.05, 0) is 32.3 Å². The second-order valence-electron chi connectivity index (χ2n) is 7.18. The van der Waals surface area contributed by atoms with Crippen LogP contribution >= 0.6 is 0 Å². The molecule has 0 saturated carbocycles. The standard InChI is InChI=1S/C20H30N6O/c1-14-9-15(2)11-16(10-14)7-8-22-20(21-3)23-17-5-6-19-24-18(13-27-4)25-26(19)12-17/h9-11,17H,5-8,12-13H2,1-4H3,(H2,21,22,23). The molecule has 2 N–H and O–H groups in total. The molecule has 1 aliphatic heterocycles. The lowest BCUT2D eigenvalue weighted by atomic mass is 10.1. The Bertz CT molecular complexity index is 778. The van der Waals surface area contributed by atoms with Crippen molar-refractivity contribution in [3.63, 3.8) is 0 Å². The molecule has 1 aromatic heterocycles. The maximum Gasteiger partial charge on any atom is 0.191 e. The van der Waals surface area contributed by atoms with Crippen molar-refractivity contribution in [3.8, 4) is 0 Å². The number of aryl methyl sites for hydroxylation is 3. The number of methoxy groups -OCH3 is 1. The van der Waals surface area contributed by atoms with Crippen molar-refractivity contribution in [2.45, 2.75) is 52.3 Å². The van der Waals surface area contributed by atoms with Gasteiger partial charge in [0.05, 0.1) is 6.54 Å². The zero-order valence-corrected chi connectivity index (χ0v) is 16.7. The lowest BCUT2D eigenvalue weighted by Crippen LogP contribution is -2.47. The van der Waals surface area contributed by atoms with Gasteiger partial charge in [0, 0.05) is 33.2 Å². The van der Waals surface area contributed by atoms with Crippen LogP contribution in [-0.2, 0) is 30.7 Å². The summed E-state index contributed by atoms with van der Waals surface area (Å²) >= 11 is 0. The Balaban J connectivity index is 1.50. The molecule has 0 saturated heterocycles. The first-order valence-electron chi connectivity index (χ1n) is 9.53. The fourth-order valence-electron chi connectivity index (χ4n) is 3.60. The van der Waals surface area contributed by atoms with E-state index in [1.807, 2.05) is 11.7 Å². The van der Waals surface area contributed by atoms with E-state index in [4.69, 9.17) is 4.74 Å². The number of rotatable bonds is 6. The van der Waals surface area contributed by atoms with E-state index in [0.29, 0.717) is 12.6 Å². The van der Waals surface area contributed by atoms with Crippen LogP contribution in [0.4, 0.5) is 0 Å². The lowest BCUT2D eigenvalue weighted by molar-refractivity contribution is 0.177. The summed E-state index contributed by atoms with van der Waals surface area (Å²) in [5.41, 5.74) is 3.98. The average Bonchev–Trinajstić information content (AvgIpc) is 3.02. The van der Waals surface area contributed by atoms with Crippen LogP contribution in [0.15, 0.2) is 23.2 Å². The molecule has 27 heavy (non-hydrogen) atoms. The molecule has 146 valence electrons. The SMILES string of the molecule is CN=C(NCCc1cc(C)cc(C)c1)NC1CCc2nc(COC)nn2C1. The van der Waals surface area contributed by atoms with Crippen LogP contribution in [0.2, 0.25) is 0 Å². The van der Waals surface area contributed by atoms with Crippen molar-refractivity contribution < 1.29 is 4.74 Å². The molecule has 7 heteroatoms. The highest BCUT2D eigenvalue weighted by atomic mass is 16.5. The van der Waals surface area contributed by atoms with Crippen molar-refractivity contribution in [2.24, 2.45) is 4.99 Å². The fourth-order valence-corrected chi connectivity index (χ4v) is 3.60. The monoisotopic (exact) mass is 370 g/mol. The quantitative estimate of drug-likeness (QED) is 0.599. The number of nitrogens with one attached hydrogen (secondary N) is 2. The first kappa shape index (κ1) is 19.4. The number of guanidine groups is 1. The molecule has 3 rings (SSSR count). The summed E-state index contributed by atoms with van der Waals surface area (Å²) in [6.45, 7) is 6.39. The van der Waals surface area contributed by atoms with Gasteiger partial charge in [0.15, 0.2) is 11.8 Å². The Labute approximate surface area is 161 Å². The number of aliphatic imine (C=N–C) groups is 1. The van der Waals surface area contributed by atoms with Crippen LogP contribution in [0.5, 0.6) is 0 Å². The predicted molar refractivity (Wildman–Crippen MR) is 107 cm³/mol. The normalized spacial score (nSPS) is 16.9. The van der Waals surface area contributed by atoms with Gasteiger partial charge in [0.2, 0.25) is 0 Å². The van der Waals surface area contributed by atoms with E-state index in [0.717, 1.165) is 50.0 Å². The second kappa shape index (κ2) is 8.99. The number of hydrogen-bond donors (Lipinski definition) is 2. The number of benzene rings is 1. The van der Waals surface area contributed by atoms with Crippen molar-refractivity contribution >= 4 is 5.96 Å². The van der Waals surface area contributed by atoms with Gasteiger partial charge in [-0.3, -0.25) is 4.99 Å². The topological polar surface area (TPSA) is 76.4 Å². The Hall–Kier alpha value is -2.41. The van der Waals surface area contributed by atoms with Crippen molar-refractivity contribution in [1.82, 2.24) is 25.4 Å². The molecule has 1 unspecified atom stereocenters. The van der Waals surface area contributed by atoms with Gasteiger partial charge in [-0.25, -0.2) is 9.67 Å². The first-order chi connectivity index (χ1) is 13.1. The van der Waals surface area contributed by atoms with Crippen LogP contribution in [-0.4, -0.2) is 47.5 Å². The molecular weight excluding hydrogens is 340 g/mol. The zero-order valence-electron chi connectivity index (χ0n) is 16.7. The van der Waals surface area contributed by atoms with Gasteiger partial charge in [0.25, 0.3) is 0 Å². The lowest BCUT2D eigenvalue weighted by Gasteiger charge is -2.25. The smallest absolute Gasteiger partial charge is 0.191 e. The van der Waals surface area contributed by atoms with E-state index >= 15 is 0 Å². The molecule has 1 aliphatic rings. The molecule has 0 fully saturated rings. The fraction of sp³-hybridized carbons (Fsp3) is 0.550. The Morgan fingerprint density at radius 2 is 2.07 bits per heavy atom. The number of ether oxygens (including phenoxy) is 1. The maximum atomic E-state index is 5.13. The van der Waals surface area contributed by atoms with Gasteiger partial charge in [-0.1, -0.05) is 29.3 Å². The molecule has 0 amide bonds. The van der Waals surface area contributed by atoms with Gasteiger partial charge in [0.1, 0.15) is 12.4 Å². The van der Waals surface area contributed by atoms with Crippen LogP contribution in [0.25, 0.3) is 0 Å². The van der Waals surface area contributed by atoms with Crippen molar-refractivity contribution in [2.75, 3.05) is 20.7 Å². The minimum Gasteiger partial charge on any atom is -0.377 e. The first-order valence-corrected chi connectivity index (χ1v) is 9.53. The van der Waals surface area contributed by atoms with Gasteiger partial charge < -0.3 is 15.4 Å². The number of nitrogens with zero attached hydrogens (tertiary/aromatic N) is 4. The highest BCUT2D eigenvalue weighted by Crippen LogP contribution is 2.13. The van der Waals surface area contributed by atoms with Crippen LogP contribution in [0.1, 0.15) is 34.8 Å². The van der Waals surface area contributed by atoms with Gasteiger partial charge in [-0.2, -0.15) is 5.10 Å². The van der Waals surface area contributed by atoms with Gasteiger partial charge >= 0.3 is 0 Å². The largest absolute Gasteiger partial charge is 0.377 e. The van der Waals surface area contributed by atoms with Crippen LogP contribution in [0, 0.1) is 13.8 Å². The zero-order chi connectivity index (χ0) is 19.2. The Morgan fingerprint density at radius 1 is 1.30 bits per heavy atom. The summed E-state index contributed by atoms with van der Waals surface area (Å²) in [5, 5.41) is 11.5. The van der Waals surface area contributed by atoms with Crippen LogP contribution < -0.4 is 10.6 Å². The third-order valence-corrected chi connectivity index (χ3v) is 4.73. The number of fused-ring (bicyclic) bond motifs is 1. The second-order valence-corrected chi connectivity index (χ2v) is 7.18. The van der Waals surface area contributed by atoms with E-state index in [1.165, 1.54) is 16.7 Å². The highest BCUT2D eigenvalue weighted by molar-refractivity contribution is 5.79. The highest BCUT2D eigenvalue weighted by Gasteiger charge is 2.22. The minimum absolute atomic E-state index is 0.294. The summed E-state index contributed by atoms with van der Waals surface area (Å²) in [4.78, 5) is 8.89. The number of aromatic nitrogens is 3. The molecule has 0 radical (unpaired) electrons. The molecule has 1 atom stereocenters. The molecule has 1 aromatic carbocycles. The van der Waals surface area contributed by atoms with Crippen LogP contribution in [0.3, 0.4) is 0 Å². The third kappa shape index (κ3) is 5.29. The number of hydrogen-bond acceptors (Lipinski definition) is 4. The summed E-state index contributed by atoms with van der Waals surface area (Å²) in [5.74, 6) is 2.63. The summed E-state index contributed by atoms with van der Waals surface area (Å²) in [7, 11) is 3.48. The van der Waals surface area contributed by atoms with E-state index in [-0.39, 0.29) is 0 Å². The molecule has 0 bridgehead atoms. The Kier molecular flexibility index (Phi) is 6.45. The molecule has 2 aromatic rings. The van der Waals surface area contributed by atoms with E-state index in [9.17, 15) is 0 Å². The van der Waals surface area contributed by atoms with Crippen molar-refractivity contribution in [3.05, 3.63) is 46.5 Å². The van der Waals surface area contributed by atoms with Crippen molar-refractivity contribution in [1.29, 1.82) is 0 Å². The molecule has 7 nitrogen and oxygen atoms in total. The molecule has 0 spiro atoms. The van der Waals surface area contributed by atoms with E-state index < -0.39 is 0 Å². The van der Waals surface area contributed by atoms with Gasteiger partial charge in [-0.15, -0.1) is 0 Å². The summed E-state index contributed by atoms with van der Waals surface area (Å²) in [6.07, 6.45) is 2.90. The minimum atomic E-state index is 0.294. The van der Waals surface area contributed by atoms with E-state index in [1.54, 1.807) is 7.11 Å². The molecule has 2 heterocycles.